The Balaban J connectivity index is 1.32. The van der Waals surface area contributed by atoms with E-state index in [-0.39, 0.29) is 0 Å². The van der Waals surface area contributed by atoms with E-state index in [1.54, 1.807) is 0 Å². The molecule has 3 rings (SSSR count). The van der Waals surface area contributed by atoms with Crippen LogP contribution in [0.2, 0.25) is 0 Å². The van der Waals surface area contributed by atoms with E-state index in [4.69, 9.17) is 0 Å². The zero-order valence-electron chi connectivity index (χ0n) is 13.4. The lowest BCUT2D eigenvalue weighted by Gasteiger charge is -2.38. The molecule has 2 atom stereocenters. The summed E-state index contributed by atoms with van der Waals surface area (Å²) in [7, 11) is 0. The molecule has 116 valence electrons. The zero-order valence-corrected chi connectivity index (χ0v) is 13.4. The highest BCUT2D eigenvalue weighted by molar-refractivity contribution is 4.88. The Hall–Kier alpha value is -0.160. The van der Waals surface area contributed by atoms with E-state index in [1.807, 2.05) is 0 Å². The van der Waals surface area contributed by atoms with E-state index >= 15 is 0 Å². The minimum atomic E-state index is 0.718. The Bertz CT molecular complexity index is 299. The molecule has 0 aromatic rings. The van der Waals surface area contributed by atoms with Crippen molar-refractivity contribution in [2.45, 2.75) is 38.8 Å². The van der Waals surface area contributed by atoms with Gasteiger partial charge in [-0.15, -0.1) is 0 Å². The molecular formula is C16H32N4. The summed E-state index contributed by atoms with van der Waals surface area (Å²) in [4.78, 5) is 10.7. The lowest BCUT2D eigenvalue weighted by atomic mass is 10.2. The van der Waals surface area contributed by atoms with Gasteiger partial charge in [0.25, 0.3) is 0 Å². The first-order valence-corrected chi connectivity index (χ1v) is 8.65. The van der Waals surface area contributed by atoms with Crippen molar-refractivity contribution < 1.29 is 0 Å². The third-order valence-corrected chi connectivity index (χ3v) is 5.52. The van der Waals surface area contributed by atoms with Gasteiger partial charge in [-0.3, -0.25) is 9.80 Å². The Kier molecular flexibility index (Phi) is 4.97. The Morgan fingerprint density at radius 3 is 2.45 bits per heavy atom. The van der Waals surface area contributed by atoms with Gasteiger partial charge in [0, 0.05) is 57.9 Å². The van der Waals surface area contributed by atoms with Gasteiger partial charge in [-0.1, -0.05) is 0 Å². The largest absolute Gasteiger partial charge is 0.301 e. The minimum absolute atomic E-state index is 0.718. The average Bonchev–Trinajstić information content (AvgIpc) is 2.84. The lowest BCUT2D eigenvalue weighted by Crippen LogP contribution is -2.50. The van der Waals surface area contributed by atoms with E-state index in [1.165, 1.54) is 78.3 Å². The Labute approximate surface area is 124 Å². The van der Waals surface area contributed by atoms with E-state index in [0.29, 0.717) is 0 Å². The van der Waals surface area contributed by atoms with Crippen LogP contribution in [0.15, 0.2) is 0 Å². The molecule has 3 fully saturated rings. The molecule has 20 heavy (non-hydrogen) atoms. The van der Waals surface area contributed by atoms with Crippen LogP contribution < -0.4 is 0 Å². The van der Waals surface area contributed by atoms with Crippen LogP contribution >= 0.6 is 0 Å². The summed E-state index contributed by atoms with van der Waals surface area (Å²) >= 11 is 0. The number of hydrogen-bond donors (Lipinski definition) is 0. The summed E-state index contributed by atoms with van der Waals surface area (Å²) in [6.45, 7) is 17.6. The fourth-order valence-corrected chi connectivity index (χ4v) is 4.06. The number of piperazine rings is 2. The van der Waals surface area contributed by atoms with Crippen LogP contribution in [0.25, 0.3) is 0 Å². The second-order valence-corrected chi connectivity index (χ2v) is 7.10. The molecule has 4 nitrogen and oxygen atoms in total. The van der Waals surface area contributed by atoms with Gasteiger partial charge in [-0.25, -0.2) is 0 Å². The summed E-state index contributed by atoms with van der Waals surface area (Å²) in [5.74, 6) is 0. The maximum Gasteiger partial charge on any atom is 0.0235 e. The van der Waals surface area contributed by atoms with E-state index < -0.39 is 0 Å². The molecular weight excluding hydrogens is 248 g/mol. The van der Waals surface area contributed by atoms with Crippen LogP contribution in [-0.2, 0) is 0 Å². The first kappa shape index (κ1) is 14.8. The van der Waals surface area contributed by atoms with Gasteiger partial charge in [0.1, 0.15) is 0 Å². The first-order chi connectivity index (χ1) is 9.72. The number of fused-ring (bicyclic) bond motifs is 2. The zero-order chi connectivity index (χ0) is 13.9. The monoisotopic (exact) mass is 280 g/mol. The molecule has 0 N–H and O–H groups in total. The molecule has 0 amide bonds. The van der Waals surface area contributed by atoms with E-state index in [2.05, 4.69) is 33.4 Å². The fourth-order valence-electron chi connectivity index (χ4n) is 4.06. The van der Waals surface area contributed by atoms with Crippen molar-refractivity contribution in [3.63, 3.8) is 0 Å². The van der Waals surface area contributed by atoms with Gasteiger partial charge in [0.05, 0.1) is 0 Å². The van der Waals surface area contributed by atoms with Gasteiger partial charge >= 0.3 is 0 Å². The molecule has 0 aliphatic carbocycles. The minimum Gasteiger partial charge on any atom is -0.301 e. The third kappa shape index (κ3) is 3.53. The van der Waals surface area contributed by atoms with E-state index in [0.717, 1.165) is 12.1 Å². The van der Waals surface area contributed by atoms with Crippen LogP contribution in [0.5, 0.6) is 0 Å². The van der Waals surface area contributed by atoms with Crippen LogP contribution in [0, 0.1) is 0 Å². The van der Waals surface area contributed by atoms with Gasteiger partial charge in [0.2, 0.25) is 0 Å². The third-order valence-electron chi connectivity index (χ3n) is 5.52. The Morgan fingerprint density at radius 2 is 1.70 bits per heavy atom. The van der Waals surface area contributed by atoms with Crippen molar-refractivity contribution in [2.75, 3.05) is 65.4 Å². The highest BCUT2D eigenvalue weighted by Gasteiger charge is 2.31. The molecule has 3 saturated heterocycles. The lowest BCUT2D eigenvalue weighted by molar-refractivity contribution is 0.0957. The van der Waals surface area contributed by atoms with Crippen LogP contribution in [0.4, 0.5) is 0 Å². The van der Waals surface area contributed by atoms with Crippen molar-refractivity contribution in [3.8, 4) is 0 Å². The summed E-state index contributed by atoms with van der Waals surface area (Å²) < 4.78 is 0. The van der Waals surface area contributed by atoms with Gasteiger partial charge in [0.15, 0.2) is 0 Å². The number of rotatable bonds is 5. The van der Waals surface area contributed by atoms with Gasteiger partial charge < -0.3 is 9.80 Å². The number of nitrogens with zero attached hydrogens (tertiary/aromatic N) is 4. The molecule has 0 aromatic carbocycles. The molecule has 0 aromatic heterocycles. The molecule has 0 spiro atoms. The van der Waals surface area contributed by atoms with Crippen LogP contribution in [0.3, 0.4) is 0 Å². The van der Waals surface area contributed by atoms with Crippen molar-refractivity contribution in [2.24, 2.45) is 0 Å². The SMILES string of the molecule is CC(C)N1CCN(CCCN2CCN3CCC2C3)CC1. The molecule has 4 heteroatoms. The topological polar surface area (TPSA) is 13.0 Å². The molecule has 3 aliphatic rings. The maximum absolute atomic E-state index is 2.76. The molecule has 3 aliphatic heterocycles. The van der Waals surface area contributed by atoms with Crippen LogP contribution in [-0.4, -0.2) is 97.1 Å². The van der Waals surface area contributed by atoms with Crippen molar-refractivity contribution in [1.29, 1.82) is 0 Å². The van der Waals surface area contributed by atoms with Gasteiger partial charge in [-0.2, -0.15) is 0 Å². The molecule has 0 radical (unpaired) electrons. The smallest absolute Gasteiger partial charge is 0.0235 e. The predicted molar refractivity (Wildman–Crippen MR) is 84.2 cm³/mol. The summed E-state index contributed by atoms with van der Waals surface area (Å²) in [5.41, 5.74) is 0. The first-order valence-electron chi connectivity index (χ1n) is 8.65. The quantitative estimate of drug-likeness (QED) is 0.738. The summed E-state index contributed by atoms with van der Waals surface area (Å²) in [6.07, 6.45) is 2.77. The van der Waals surface area contributed by atoms with Crippen molar-refractivity contribution >= 4 is 0 Å². The van der Waals surface area contributed by atoms with Crippen molar-refractivity contribution in [3.05, 3.63) is 0 Å². The van der Waals surface area contributed by atoms with E-state index in [9.17, 15) is 0 Å². The number of hydrogen-bond acceptors (Lipinski definition) is 4. The van der Waals surface area contributed by atoms with Crippen LogP contribution in [0.1, 0.15) is 26.7 Å². The summed E-state index contributed by atoms with van der Waals surface area (Å²) in [5, 5.41) is 0. The molecule has 2 unspecified atom stereocenters. The summed E-state index contributed by atoms with van der Waals surface area (Å²) in [6, 6.07) is 1.59. The highest BCUT2D eigenvalue weighted by Crippen LogP contribution is 2.20. The molecule has 2 bridgehead atoms. The second kappa shape index (κ2) is 6.73. The molecule has 0 saturated carbocycles. The predicted octanol–water partition coefficient (Wildman–Crippen LogP) is 0.792. The Morgan fingerprint density at radius 1 is 0.900 bits per heavy atom. The normalized spacial score (nSPS) is 33.1. The van der Waals surface area contributed by atoms with Crippen molar-refractivity contribution in [1.82, 2.24) is 19.6 Å². The highest BCUT2D eigenvalue weighted by atomic mass is 15.3. The second-order valence-electron chi connectivity index (χ2n) is 7.10. The fraction of sp³-hybridized carbons (Fsp3) is 1.00. The average molecular weight is 280 g/mol. The maximum atomic E-state index is 2.76. The van der Waals surface area contributed by atoms with Gasteiger partial charge in [-0.05, 0) is 46.3 Å². The molecule has 3 heterocycles. The standard InChI is InChI=1S/C16H32N4/c1-15(2)19-11-8-17(9-12-19)5-3-6-20-13-10-18-7-4-16(20)14-18/h15-16H,3-14H2,1-2H3.